The number of oxazole rings is 1. The lowest BCUT2D eigenvalue weighted by molar-refractivity contribution is -0.124. The molecule has 1 fully saturated rings. The van der Waals surface area contributed by atoms with Crippen LogP contribution in [0.2, 0.25) is 0 Å². The summed E-state index contributed by atoms with van der Waals surface area (Å²) in [5, 5.41) is 2.49. The molecule has 126 valence electrons. The first-order chi connectivity index (χ1) is 11.6. The van der Waals surface area contributed by atoms with Gasteiger partial charge in [0, 0.05) is 17.9 Å². The van der Waals surface area contributed by atoms with E-state index in [1.54, 1.807) is 30.2 Å². The standard InChI is InChI=1S/C16H16FN3O3S/c17-12-4-1-3-11(7-12)15-19-13(9-23-15)10-24-6-2-5-20-14(21)8-18-16(20)22/h1,3-4,7,9H,2,5-6,8,10H2,(H,18,22). The maximum atomic E-state index is 13.2. The van der Waals surface area contributed by atoms with Gasteiger partial charge in [0.2, 0.25) is 11.8 Å². The molecule has 0 atom stereocenters. The van der Waals surface area contributed by atoms with Crippen molar-refractivity contribution in [2.24, 2.45) is 0 Å². The van der Waals surface area contributed by atoms with Gasteiger partial charge in [0.1, 0.15) is 12.1 Å². The Morgan fingerprint density at radius 1 is 1.38 bits per heavy atom. The average Bonchev–Trinajstić information content (AvgIpc) is 3.16. The number of hydrogen-bond acceptors (Lipinski definition) is 5. The molecule has 0 saturated carbocycles. The summed E-state index contributed by atoms with van der Waals surface area (Å²) in [5.41, 5.74) is 1.37. The second-order valence-electron chi connectivity index (χ2n) is 5.26. The molecule has 1 saturated heterocycles. The SMILES string of the molecule is O=C1CNC(=O)N1CCCSCc1coc(-c2cccc(F)c2)n1. The number of nitrogens with zero attached hydrogens (tertiary/aromatic N) is 2. The van der Waals surface area contributed by atoms with Gasteiger partial charge >= 0.3 is 6.03 Å². The van der Waals surface area contributed by atoms with Crippen molar-refractivity contribution in [2.75, 3.05) is 18.8 Å². The molecule has 1 aliphatic rings. The van der Waals surface area contributed by atoms with E-state index in [0.29, 0.717) is 23.8 Å². The van der Waals surface area contributed by atoms with E-state index < -0.39 is 0 Å². The topological polar surface area (TPSA) is 75.4 Å². The number of carbonyl (C=O) groups is 2. The van der Waals surface area contributed by atoms with Crippen molar-refractivity contribution in [3.8, 4) is 11.5 Å². The van der Waals surface area contributed by atoms with Crippen LogP contribution in [0.4, 0.5) is 9.18 Å². The summed E-state index contributed by atoms with van der Waals surface area (Å²) < 4.78 is 18.6. The third-order valence-corrected chi connectivity index (χ3v) is 4.56. The number of benzene rings is 1. The van der Waals surface area contributed by atoms with Crippen LogP contribution in [-0.4, -0.2) is 40.7 Å². The van der Waals surface area contributed by atoms with Crippen molar-refractivity contribution in [1.82, 2.24) is 15.2 Å². The molecule has 6 nitrogen and oxygen atoms in total. The summed E-state index contributed by atoms with van der Waals surface area (Å²) in [5.74, 6) is 1.32. The van der Waals surface area contributed by atoms with Crippen molar-refractivity contribution in [3.63, 3.8) is 0 Å². The first kappa shape index (κ1) is 16.5. The number of carbonyl (C=O) groups excluding carboxylic acids is 2. The molecule has 24 heavy (non-hydrogen) atoms. The minimum atomic E-state index is -0.331. The van der Waals surface area contributed by atoms with Crippen LogP contribution in [0.15, 0.2) is 34.9 Å². The Hall–Kier alpha value is -2.35. The Kier molecular flexibility index (Phi) is 5.14. The number of hydrogen-bond donors (Lipinski definition) is 1. The summed E-state index contributed by atoms with van der Waals surface area (Å²) in [6, 6.07) is 5.78. The minimum absolute atomic E-state index is 0.0910. The Bertz CT molecular complexity index is 734. The number of thioether (sulfide) groups is 1. The molecule has 1 aromatic heterocycles. The van der Waals surface area contributed by atoms with E-state index >= 15 is 0 Å². The van der Waals surface area contributed by atoms with Crippen molar-refractivity contribution in [1.29, 1.82) is 0 Å². The van der Waals surface area contributed by atoms with Crippen LogP contribution in [-0.2, 0) is 10.5 Å². The lowest BCUT2D eigenvalue weighted by atomic mass is 10.2. The maximum absolute atomic E-state index is 13.2. The summed E-state index contributed by atoms with van der Waals surface area (Å²) in [6.45, 7) is 0.513. The van der Waals surface area contributed by atoms with Crippen molar-refractivity contribution >= 4 is 23.7 Å². The molecule has 3 amide bonds. The van der Waals surface area contributed by atoms with E-state index in [9.17, 15) is 14.0 Å². The normalized spacial score (nSPS) is 14.3. The van der Waals surface area contributed by atoms with Gasteiger partial charge in [-0.05, 0) is 30.4 Å². The van der Waals surface area contributed by atoms with E-state index in [2.05, 4.69) is 10.3 Å². The highest BCUT2D eigenvalue weighted by Crippen LogP contribution is 2.21. The average molecular weight is 349 g/mol. The Balaban J connectivity index is 1.43. The lowest BCUT2D eigenvalue weighted by Gasteiger charge is -2.11. The number of urea groups is 1. The van der Waals surface area contributed by atoms with E-state index in [1.807, 2.05) is 0 Å². The Morgan fingerprint density at radius 2 is 2.25 bits per heavy atom. The molecule has 8 heteroatoms. The quantitative estimate of drug-likeness (QED) is 0.614. The molecule has 0 aliphatic carbocycles. The molecule has 2 aromatic rings. The van der Waals surface area contributed by atoms with Crippen LogP contribution in [0.1, 0.15) is 12.1 Å². The first-order valence-corrected chi connectivity index (χ1v) is 8.65. The molecule has 1 N–H and O–H groups in total. The number of amides is 3. The van der Waals surface area contributed by atoms with Crippen molar-refractivity contribution in [2.45, 2.75) is 12.2 Å². The highest BCUT2D eigenvalue weighted by molar-refractivity contribution is 7.98. The van der Waals surface area contributed by atoms with Gasteiger partial charge < -0.3 is 9.73 Å². The van der Waals surface area contributed by atoms with Gasteiger partial charge in [-0.3, -0.25) is 9.69 Å². The first-order valence-electron chi connectivity index (χ1n) is 7.50. The molecule has 0 spiro atoms. The smallest absolute Gasteiger partial charge is 0.324 e. The zero-order valence-electron chi connectivity index (χ0n) is 12.8. The molecular formula is C16H16FN3O3S. The summed E-state index contributed by atoms with van der Waals surface area (Å²) in [4.78, 5) is 28.4. The van der Waals surface area contributed by atoms with Crippen LogP contribution in [0, 0.1) is 5.82 Å². The largest absolute Gasteiger partial charge is 0.444 e. The predicted molar refractivity (Wildman–Crippen MR) is 87.8 cm³/mol. The molecule has 0 radical (unpaired) electrons. The molecule has 0 bridgehead atoms. The lowest BCUT2D eigenvalue weighted by Crippen LogP contribution is -2.32. The van der Waals surface area contributed by atoms with Crippen LogP contribution >= 0.6 is 11.8 Å². The van der Waals surface area contributed by atoms with Gasteiger partial charge in [-0.1, -0.05) is 6.07 Å². The van der Waals surface area contributed by atoms with Crippen molar-refractivity contribution < 1.29 is 18.4 Å². The zero-order valence-corrected chi connectivity index (χ0v) is 13.6. The van der Waals surface area contributed by atoms with E-state index in [0.717, 1.165) is 17.9 Å². The fourth-order valence-corrected chi connectivity index (χ4v) is 3.13. The molecule has 1 aromatic carbocycles. The monoisotopic (exact) mass is 349 g/mol. The van der Waals surface area contributed by atoms with Crippen LogP contribution in [0.3, 0.4) is 0 Å². The van der Waals surface area contributed by atoms with E-state index in [1.165, 1.54) is 17.0 Å². The van der Waals surface area contributed by atoms with Crippen LogP contribution < -0.4 is 5.32 Å². The fraction of sp³-hybridized carbons (Fsp3) is 0.312. The number of nitrogens with one attached hydrogen (secondary N) is 1. The van der Waals surface area contributed by atoms with Crippen LogP contribution in [0.5, 0.6) is 0 Å². The highest BCUT2D eigenvalue weighted by Gasteiger charge is 2.27. The number of halogens is 1. The van der Waals surface area contributed by atoms with Gasteiger partial charge in [-0.15, -0.1) is 0 Å². The summed E-state index contributed by atoms with van der Waals surface area (Å²) >= 11 is 1.64. The molecule has 0 unspecified atom stereocenters. The van der Waals surface area contributed by atoms with Gasteiger partial charge in [-0.2, -0.15) is 11.8 Å². The number of imide groups is 1. The van der Waals surface area contributed by atoms with Gasteiger partial charge in [0.25, 0.3) is 0 Å². The molecule has 2 heterocycles. The molecule has 1 aliphatic heterocycles. The second-order valence-corrected chi connectivity index (χ2v) is 6.37. The number of aromatic nitrogens is 1. The van der Waals surface area contributed by atoms with Crippen LogP contribution in [0.25, 0.3) is 11.5 Å². The second kappa shape index (κ2) is 7.48. The van der Waals surface area contributed by atoms with Gasteiger partial charge in [0.15, 0.2) is 0 Å². The Morgan fingerprint density at radius 3 is 3.00 bits per heavy atom. The highest BCUT2D eigenvalue weighted by atomic mass is 32.2. The Labute approximate surface area is 142 Å². The third kappa shape index (κ3) is 3.94. The maximum Gasteiger partial charge on any atom is 0.324 e. The van der Waals surface area contributed by atoms with Gasteiger partial charge in [-0.25, -0.2) is 14.2 Å². The summed E-state index contributed by atoms with van der Waals surface area (Å²) in [7, 11) is 0. The minimum Gasteiger partial charge on any atom is -0.444 e. The van der Waals surface area contributed by atoms with Gasteiger partial charge in [0.05, 0.1) is 12.2 Å². The third-order valence-electron chi connectivity index (χ3n) is 3.48. The number of rotatable bonds is 7. The molecular weight excluding hydrogens is 333 g/mol. The van der Waals surface area contributed by atoms with Crippen molar-refractivity contribution in [3.05, 3.63) is 42.0 Å². The zero-order chi connectivity index (χ0) is 16.9. The predicted octanol–water partition coefficient (Wildman–Crippen LogP) is 2.66. The fourth-order valence-electron chi connectivity index (χ4n) is 2.31. The van der Waals surface area contributed by atoms with E-state index in [4.69, 9.17) is 4.42 Å². The molecule has 3 rings (SSSR count). The summed E-state index contributed by atoms with van der Waals surface area (Å²) in [6.07, 6.45) is 2.28. The van der Waals surface area contributed by atoms with E-state index in [-0.39, 0.29) is 24.3 Å².